The lowest BCUT2D eigenvalue weighted by Crippen LogP contribution is -2.49. The number of nitrogens with zero attached hydrogens (tertiary/aromatic N) is 2. The number of hydrogen-bond acceptors (Lipinski definition) is 5. The zero-order valence-electron chi connectivity index (χ0n) is 12.1. The lowest BCUT2D eigenvalue weighted by molar-refractivity contribution is 0.0428. The molecular formula is C15H23FN2O3. The van der Waals surface area contributed by atoms with Crippen molar-refractivity contribution in [1.82, 2.24) is 9.80 Å². The van der Waals surface area contributed by atoms with E-state index in [0.29, 0.717) is 18.8 Å². The molecule has 21 heavy (non-hydrogen) atoms. The molecule has 0 unspecified atom stereocenters. The van der Waals surface area contributed by atoms with Gasteiger partial charge in [-0.05, 0) is 12.1 Å². The smallest absolute Gasteiger partial charge is 0.126 e. The van der Waals surface area contributed by atoms with Gasteiger partial charge in [0, 0.05) is 45.3 Å². The maximum atomic E-state index is 13.0. The number of β-amino-alcohol motifs (C(OH)–C–C–N with tert-alkyl or cyclic N) is 2. The first-order valence-corrected chi connectivity index (χ1v) is 7.29. The zero-order chi connectivity index (χ0) is 15.1. The van der Waals surface area contributed by atoms with Crippen molar-refractivity contribution in [2.24, 2.45) is 0 Å². The van der Waals surface area contributed by atoms with E-state index in [1.165, 1.54) is 12.1 Å². The predicted octanol–water partition coefficient (Wildman–Crippen LogP) is 0.175. The first-order valence-electron chi connectivity index (χ1n) is 7.29. The molecule has 1 aromatic carbocycles. The highest BCUT2D eigenvalue weighted by Crippen LogP contribution is 2.12. The average molecular weight is 298 g/mol. The fraction of sp³-hybridized carbons (Fsp3) is 0.600. The Morgan fingerprint density at radius 2 is 1.90 bits per heavy atom. The summed E-state index contributed by atoms with van der Waals surface area (Å²) >= 11 is 0. The van der Waals surface area contributed by atoms with Gasteiger partial charge in [0.2, 0.25) is 0 Å². The van der Waals surface area contributed by atoms with Crippen molar-refractivity contribution in [1.29, 1.82) is 0 Å². The average Bonchev–Trinajstić information content (AvgIpc) is 2.48. The van der Waals surface area contributed by atoms with Crippen molar-refractivity contribution in [2.45, 2.75) is 6.10 Å². The van der Waals surface area contributed by atoms with E-state index in [1.807, 2.05) is 0 Å². The lowest BCUT2D eigenvalue weighted by atomic mass is 10.2. The van der Waals surface area contributed by atoms with E-state index in [4.69, 9.17) is 9.84 Å². The van der Waals surface area contributed by atoms with Crippen LogP contribution in [0.3, 0.4) is 0 Å². The Balaban J connectivity index is 1.67. The SMILES string of the molecule is OCCN1CCN(C[C@H](O)COc2cccc(F)c2)CC1. The third-order valence-corrected chi connectivity index (χ3v) is 3.59. The number of aliphatic hydroxyl groups is 2. The van der Waals surface area contributed by atoms with Gasteiger partial charge in [-0.25, -0.2) is 4.39 Å². The Hall–Kier alpha value is -1.21. The van der Waals surface area contributed by atoms with Crippen LogP contribution in [0, 0.1) is 5.82 Å². The van der Waals surface area contributed by atoms with Gasteiger partial charge in [-0.15, -0.1) is 0 Å². The van der Waals surface area contributed by atoms with E-state index >= 15 is 0 Å². The highest BCUT2D eigenvalue weighted by Gasteiger charge is 2.19. The third kappa shape index (κ3) is 5.59. The molecule has 1 fully saturated rings. The quantitative estimate of drug-likeness (QED) is 0.752. The summed E-state index contributed by atoms with van der Waals surface area (Å²) < 4.78 is 18.4. The number of piperazine rings is 1. The molecule has 1 saturated heterocycles. The van der Waals surface area contributed by atoms with Crippen LogP contribution in [0.4, 0.5) is 4.39 Å². The third-order valence-electron chi connectivity index (χ3n) is 3.59. The molecule has 0 bridgehead atoms. The van der Waals surface area contributed by atoms with Crippen LogP contribution >= 0.6 is 0 Å². The highest BCUT2D eigenvalue weighted by atomic mass is 19.1. The van der Waals surface area contributed by atoms with Crippen LogP contribution in [0.25, 0.3) is 0 Å². The summed E-state index contributed by atoms with van der Waals surface area (Å²) in [6.07, 6.45) is -0.599. The number of hydrogen-bond donors (Lipinski definition) is 2. The summed E-state index contributed by atoms with van der Waals surface area (Å²) in [5, 5.41) is 18.9. The van der Waals surface area contributed by atoms with E-state index in [-0.39, 0.29) is 19.0 Å². The minimum atomic E-state index is -0.599. The van der Waals surface area contributed by atoms with Crippen molar-refractivity contribution in [3.05, 3.63) is 30.1 Å². The van der Waals surface area contributed by atoms with Crippen LogP contribution < -0.4 is 4.74 Å². The summed E-state index contributed by atoms with van der Waals surface area (Å²) in [5.74, 6) is 0.0869. The second-order valence-corrected chi connectivity index (χ2v) is 5.29. The number of aliphatic hydroxyl groups excluding tert-OH is 2. The van der Waals surface area contributed by atoms with Gasteiger partial charge in [-0.1, -0.05) is 6.07 Å². The second-order valence-electron chi connectivity index (χ2n) is 5.29. The Labute approximate surface area is 124 Å². The molecule has 0 saturated carbocycles. The van der Waals surface area contributed by atoms with Gasteiger partial charge in [0.05, 0.1) is 6.61 Å². The molecule has 1 aromatic rings. The molecule has 1 aliphatic rings. The van der Waals surface area contributed by atoms with Gasteiger partial charge in [0.15, 0.2) is 0 Å². The second kappa shape index (κ2) is 8.29. The Bertz CT molecular complexity index is 425. The minimum absolute atomic E-state index is 0.153. The Morgan fingerprint density at radius 1 is 1.19 bits per heavy atom. The molecule has 1 aliphatic heterocycles. The lowest BCUT2D eigenvalue weighted by Gasteiger charge is -2.35. The molecule has 1 atom stereocenters. The van der Waals surface area contributed by atoms with Crippen molar-refractivity contribution >= 4 is 0 Å². The summed E-state index contributed by atoms with van der Waals surface area (Å²) in [4.78, 5) is 4.37. The number of benzene rings is 1. The highest BCUT2D eigenvalue weighted by molar-refractivity contribution is 5.22. The van der Waals surface area contributed by atoms with Gasteiger partial charge >= 0.3 is 0 Å². The van der Waals surface area contributed by atoms with Gasteiger partial charge in [0.25, 0.3) is 0 Å². The zero-order valence-corrected chi connectivity index (χ0v) is 12.1. The van der Waals surface area contributed by atoms with E-state index in [2.05, 4.69) is 9.80 Å². The predicted molar refractivity (Wildman–Crippen MR) is 77.9 cm³/mol. The summed E-state index contributed by atoms with van der Waals surface area (Å²) in [6, 6.07) is 5.91. The molecule has 5 nitrogen and oxygen atoms in total. The summed E-state index contributed by atoms with van der Waals surface area (Å²) in [7, 11) is 0. The van der Waals surface area contributed by atoms with E-state index in [9.17, 15) is 9.50 Å². The molecule has 0 aliphatic carbocycles. The van der Waals surface area contributed by atoms with Gasteiger partial charge in [-0.2, -0.15) is 0 Å². The molecule has 1 heterocycles. The van der Waals surface area contributed by atoms with Crippen molar-refractivity contribution in [3.63, 3.8) is 0 Å². The number of rotatable bonds is 7. The molecule has 0 amide bonds. The molecule has 2 rings (SSSR count). The van der Waals surface area contributed by atoms with Crippen molar-refractivity contribution in [2.75, 3.05) is 52.5 Å². The molecule has 0 aromatic heterocycles. The minimum Gasteiger partial charge on any atom is -0.491 e. The maximum Gasteiger partial charge on any atom is 0.126 e. The fourth-order valence-electron chi connectivity index (χ4n) is 2.44. The fourth-order valence-corrected chi connectivity index (χ4v) is 2.44. The van der Waals surface area contributed by atoms with Gasteiger partial charge < -0.3 is 14.9 Å². The van der Waals surface area contributed by atoms with Crippen LogP contribution in [-0.2, 0) is 0 Å². The van der Waals surface area contributed by atoms with Crippen LogP contribution in [0.2, 0.25) is 0 Å². The van der Waals surface area contributed by atoms with Crippen LogP contribution in [-0.4, -0.2) is 78.6 Å². The molecular weight excluding hydrogens is 275 g/mol. The summed E-state index contributed by atoms with van der Waals surface area (Å²) in [5.41, 5.74) is 0. The van der Waals surface area contributed by atoms with Crippen molar-refractivity contribution < 1.29 is 19.3 Å². The topological polar surface area (TPSA) is 56.2 Å². The van der Waals surface area contributed by atoms with Crippen LogP contribution in [0.15, 0.2) is 24.3 Å². The normalized spacial score (nSPS) is 18.6. The van der Waals surface area contributed by atoms with Crippen molar-refractivity contribution in [3.8, 4) is 5.75 Å². The number of ether oxygens (including phenoxy) is 1. The summed E-state index contributed by atoms with van der Waals surface area (Å²) in [6.45, 7) is 5.13. The molecule has 6 heteroatoms. The van der Waals surface area contributed by atoms with Crippen LogP contribution in [0.1, 0.15) is 0 Å². The monoisotopic (exact) mass is 298 g/mol. The maximum absolute atomic E-state index is 13.0. The molecule has 0 spiro atoms. The van der Waals surface area contributed by atoms with Gasteiger partial charge in [0.1, 0.15) is 24.3 Å². The standard InChI is InChI=1S/C15H23FN2O3/c16-13-2-1-3-15(10-13)21-12-14(20)11-18-6-4-17(5-7-18)8-9-19/h1-3,10,14,19-20H,4-9,11-12H2/t14-/m0/s1. The molecule has 118 valence electrons. The molecule has 2 N–H and O–H groups in total. The first kappa shape index (κ1) is 16.2. The van der Waals surface area contributed by atoms with E-state index in [1.54, 1.807) is 12.1 Å². The Morgan fingerprint density at radius 3 is 2.57 bits per heavy atom. The van der Waals surface area contributed by atoms with Gasteiger partial charge in [-0.3, -0.25) is 9.80 Å². The first-order chi connectivity index (χ1) is 10.2. The molecule has 0 radical (unpaired) electrons. The van der Waals surface area contributed by atoms with Crippen LogP contribution in [0.5, 0.6) is 5.75 Å². The number of halogens is 1. The van der Waals surface area contributed by atoms with E-state index < -0.39 is 6.10 Å². The van der Waals surface area contributed by atoms with E-state index in [0.717, 1.165) is 26.2 Å². The largest absolute Gasteiger partial charge is 0.491 e. The Kier molecular flexibility index (Phi) is 6.38.